The molecule has 0 bridgehead atoms. The molecule has 0 fully saturated rings. The van der Waals surface area contributed by atoms with Crippen molar-refractivity contribution < 1.29 is 0 Å². The highest BCUT2D eigenvalue weighted by atomic mass is 14.7. The first-order valence-electron chi connectivity index (χ1n) is 12.3. The fourth-order valence-electron chi connectivity index (χ4n) is 5.12. The standard InChI is InChI=1S/C34H27N/c1-23(2)26-19-20-35-32(22-26)27-17-18-29-28-15-9-10-16-30(28)33(24-11-5-3-6-12-24)34(31(29)21-27)25-13-7-4-8-14-25/h3-23H,1-2H3. The van der Waals surface area contributed by atoms with Crippen molar-refractivity contribution in [3.05, 3.63) is 127 Å². The molecule has 1 heteroatoms. The van der Waals surface area contributed by atoms with Gasteiger partial charge in [0.25, 0.3) is 0 Å². The number of hydrogen-bond acceptors (Lipinski definition) is 1. The highest BCUT2D eigenvalue weighted by Crippen LogP contribution is 2.45. The number of rotatable bonds is 4. The maximum atomic E-state index is 4.74. The molecule has 0 atom stereocenters. The Morgan fingerprint density at radius 1 is 0.486 bits per heavy atom. The number of aromatic nitrogens is 1. The summed E-state index contributed by atoms with van der Waals surface area (Å²) in [5.74, 6) is 0.464. The Bertz CT molecular complexity index is 1650. The summed E-state index contributed by atoms with van der Waals surface area (Å²) in [7, 11) is 0. The quantitative estimate of drug-likeness (QED) is 0.244. The molecule has 0 aliphatic carbocycles. The molecule has 1 heterocycles. The first-order valence-corrected chi connectivity index (χ1v) is 12.3. The van der Waals surface area contributed by atoms with Gasteiger partial charge in [0, 0.05) is 11.8 Å². The first kappa shape index (κ1) is 21.3. The van der Waals surface area contributed by atoms with Crippen LogP contribution in [-0.2, 0) is 0 Å². The molecule has 6 aromatic rings. The Balaban J connectivity index is 1.75. The lowest BCUT2D eigenvalue weighted by atomic mass is 9.84. The highest BCUT2D eigenvalue weighted by Gasteiger charge is 2.18. The van der Waals surface area contributed by atoms with Crippen LogP contribution in [0.3, 0.4) is 0 Å². The van der Waals surface area contributed by atoms with Gasteiger partial charge in [0.2, 0.25) is 0 Å². The number of nitrogens with zero attached hydrogens (tertiary/aromatic N) is 1. The molecule has 0 aliphatic heterocycles. The summed E-state index contributed by atoms with van der Waals surface area (Å²) in [6.45, 7) is 4.45. The zero-order valence-electron chi connectivity index (χ0n) is 20.1. The second kappa shape index (κ2) is 8.85. The van der Waals surface area contributed by atoms with Crippen molar-refractivity contribution in [3.8, 4) is 33.5 Å². The number of hydrogen-bond donors (Lipinski definition) is 0. The molecule has 35 heavy (non-hydrogen) atoms. The minimum Gasteiger partial charge on any atom is -0.256 e. The van der Waals surface area contributed by atoms with Gasteiger partial charge in [-0.1, -0.05) is 111 Å². The minimum absolute atomic E-state index is 0.464. The van der Waals surface area contributed by atoms with Crippen LogP contribution in [0.4, 0.5) is 0 Å². The summed E-state index contributed by atoms with van der Waals surface area (Å²) in [5.41, 5.74) is 8.48. The molecular formula is C34H27N. The summed E-state index contributed by atoms with van der Waals surface area (Å²) >= 11 is 0. The Hall–Kier alpha value is -4.23. The summed E-state index contributed by atoms with van der Waals surface area (Å²) in [6, 6.07) is 41.5. The lowest BCUT2D eigenvalue weighted by Gasteiger charge is -2.19. The lowest BCUT2D eigenvalue weighted by molar-refractivity contribution is 0.864. The predicted molar refractivity (Wildman–Crippen MR) is 150 cm³/mol. The van der Waals surface area contributed by atoms with Crippen molar-refractivity contribution in [2.45, 2.75) is 19.8 Å². The molecule has 0 amide bonds. The van der Waals surface area contributed by atoms with Crippen molar-refractivity contribution >= 4 is 21.5 Å². The minimum atomic E-state index is 0.464. The fourth-order valence-corrected chi connectivity index (χ4v) is 5.12. The summed E-state index contributed by atoms with van der Waals surface area (Å²) in [4.78, 5) is 4.74. The van der Waals surface area contributed by atoms with E-state index in [2.05, 4.69) is 129 Å². The topological polar surface area (TPSA) is 12.9 Å². The Labute approximate surface area is 206 Å². The summed E-state index contributed by atoms with van der Waals surface area (Å²) < 4.78 is 0. The van der Waals surface area contributed by atoms with E-state index in [9.17, 15) is 0 Å². The van der Waals surface area contributed by atoms with Crippen molar-refractivity contribution in [1.29, 1.82) is 0 Å². The van der Waals surface area contributed by atoms with Gasteiger partial charge in [-0.2, -0.15) is 0 Å². The third kappa shape index (κ3) is 3.80. The maximum absolute atomic E-state index is 4.74. The van der Waals surface area contributed by atoms with Gasteiger partial charge in [-0.15, -0.1) is 0 Å². The lowest BCUT2D eigenvalue weighted by Crippen LogP contribution is -1.93. The zero-order chi connectivity index (χ0) is 23.8. The molecule has 0 spiro atoms. The third-order valence-corrected chi connectivity index (χ3v) is 6.90. The van der Waals surface area contributed by atoms with Crippen LogP contribution in [0, 0.1) is 0 Å². The molecule has 168 valence electrons. The SMILES string of the molecule is CC(C)c1ccnc(-c2ccc3c(c2)c(-c2ccccc2)c(-c2ccccc2)c2ccccc23)c1. The average Bonchev–Trinajstić information content (AvgIpc) is 2.93. The molecule has 0 saturated heterocycles. The maximum Gasteiger partial charge on any atom is 0.0705 e. The van der Waals surface area contributed by atoms with Crippen molar-refractivity contribution in [3.63, 3.8) is 0 Å². The smallest absolute Gasteiger partial charge is 0.0705 e. The van der Waals surface area contributed by atoms with Gasteiger partial charge in [-0.25, -0.2) is 0 Å². The Kier molecular flexibility index (Phi) is 5.39. The van der Waals surface area contributed by atoms with Crippen LogP contribution in [0.5, 0.6) is 0 Å². The van der Waals surface area contributed by atoms with E-state index >= 15 is 0 Å². The van der Waals surface area contributed by atoms with E-state index in [0.717, 1.165) is 11.3 Å². The highest BCUT2D eigenvalue weighted by molar-refractivity contribution is 6.22. The van der Waals surface area contributed by atoms with E-state index in [1.807, 2.05) is 6.20 Å². The van der Waals surface area contributed by atoms with Crippen LogP contribution in [0.15, 0.2) is 121 Å². The van der Waals surface area contributed by atoms with Gasteiger partial charge in [0.1, 0.15) is 0 Å². The van der Waals surface area contributed by atoms with Gasteiger partial charge in [-0.3, -0.25) is 4.98 Å². The molecule has 0 radical (unpaired) electrons. The summed E-state index contributed by atoms with van der Waals surface area (Å²) in [6.07, 6.45) is 1.93. The molecule has 0 saturated carbocycles. The van der Waals surface area contributed by atoms with Crippen molar-refractivity contribution in [2.75, 3.05) is 0 Å². The number of fused-ring (bicyclic) bond motifs is 3. The summed E-state index contributed by atoms with van der Waals surface area (Å²) in [5, 5.41) is 5.07. The molecule has 6 rings (SSSR count). The van der Waals surface area contributed by atoms with Crippen LogP contribution in [-0.4, -0.2) is 4.98 Å². The van der Waals surface area contributed by atoms with Crippen molar-refractivity contribution in [1.82, 2.24) is 4.98 Å². The van der Waals surface area contributed by atoms with E-state index in [4.69, 9.17) is 4.98 Å². The predicted octanol–water partition coefficient (Wildman–Crippen LogP) is 9.51. The number of pyridine rings is 1. The number of benzene rings is 5. The Morgan fingerprint density at radius 2 is 1.06 bits per heavy atom. The third-order valence-electron chi connectivity index (χ3n) is 6.90. The van der Waals surface area contributed by atoms with Gasteiger partial charge in [0.05, 0.1) is 5.69 Å². The monoisotopic (exact) mass is 449 g/mol. The van der Waals surface area contributed by atoms with Crippen LogP contribution in [0.1, 0.15) is 25.3 Å². The second-order valence-corrected chi connectivity index (χ2v) is 9.42. The van der Waals surface area contributed by atoms with E-state index in [1.165, 1.54) is 49.4 Å². The van der Waals surface area contributed by atoms with E-state index in [1.54, 1.807) is 0 Å². The molecule has 0 aliphatic rings. The van der Waals surface area contributed by atoms with Gasteiger partial charge >= 0.3 is 0 Å². The molecular weight excluding hydrogens is 422 g/mol. The van der Waals surface area contributed by atoms with Crippen molar-refractivity contribution in [2.24, 2.45) is 0 Å². The molecule has 0 unspecified atom stereocenters. The molecule has 5 aromatic carbocycles. The van der Waals surface area contributed by atoms with E-state index in [0.29, 0.717) is 5.92 Å². The Morgan fingerprint density at radius 3 is 1.71 bits per heavy atom. The van der Waals surface area contributed by atoms with Gasteiger partial charge in [0.15, 0.2) is 0 Å². The largest absolute Gasteiger partial charge is 0.256 e. The zero-order valence-corrected chi connectivity index (χ0v) is 20.1. The fraction of sp³-hybridized carbons (Fsp3) is 0.0882. The van der Waals surface area contributed by atoms with Crippen LogP contribution >= 0.6 is 0 Å². The first-order chi connectivity index (χ1) is 17.2. The average molecular weight is 450 g/mol. The molecule has 1 aromatic heterocycles. The molecule has 0 N–H and O–H groups in total. The van der Waals surface area contributed by atoms with Gasteiger partial charge < -0.3 is 0 Å². The van der Waals surface area contributed by atoms with Crippen LogP contribution in [0.25, 0.3) is 55.1 Å². The van der Waals surface area contributed by atoms with Crippen LogP contribution in [0.2, 0.25) is 0 Å². The van der Waals surface area contributed by atoms with Gasteiger partial charge in [-0.05, 0) is 73.5 Å². The second-order valence-electron chi connectivity index (χ2n) is 9.42. The molecule has 1 nitrogen and oxygen atoms in total. The normalized spacial score (nSPS) is 11.4. The van der Waals surface area contributed by atoms with Crippen LogP contribution < -0.4 is 0 Å². The van der Waals surface area contributed by atoms with E-state index < -0.39 is 0 Å². The van der Waals surface area contributed by atoms with E-state index in [-0.39, 0.29) is 0 Å².